The van der Waals surface area contributed by atoms with Crippen molar-refractivity contribution in [3.05, 3.63) is 0 Å². The molecule has 0 aromatic carbocycles. The molecular weight excluding hydrogens is 1190 g/mol. The number of aliphatic hydroxyl groups excluding tert-OH is 1. The zero-order valence-corrected chi connectivity index (χ0v) is 50.4. The van der Waals surface area contributed by atoms with E-state index in [0.29, 0.717) is 0 Å². The molecule has 4 aliphatic heterocycles. The first kappa shape index (κ1) is 73.2. The van der Waals surface area contributed by atoms with E-state index in [1.54, 1.807) is 0 Å². The van der Waals surface area contributed by atoms with E-state index < -0.39 is 227 Å². The third kappa shape index (κ3) is 22.7. The van der Waals surface area contributed by atoms with E-state index in [2.05, 4.69) is 5.32 Å². The van der Waals surface area contributed by atoms with Crippen LogP contribution in [-0.2, 0) is 157 Å². The summed E-state index contributed by atoms with van der Waals surface area (Å²) < 4.78 is 115. The molecule has 4 fully saturated rings. The Labute approximate surface area is 502 Å². The Bertz CT molecular complexity index is 2490. The monoisotopic (exact) mass is 1270 g/mol. The van der Waals surface area contributed by atoms with Gasteiger partial charge in [-0.25, -0.2) is 0 Å². The van der Waals surface area contributed by atoms with E-state index in [4.69, 9.17) is 94.7 Å². The van der Waals surface area contributed by atoms with Crippen LogP contribution in [-0.4, -0.2) is 245 Å². The fourth-order valence-corrected chi connectivity index (χ4v) is 9.58. The zero-order valence-electron chi connectivity index (χ0n) is 50.4. The van der Waals surface area contributed by atoms with E-state index in [1.165, 1.54) is 0 Å². The SMILES string of the molecule is CC(=O)N[C@H]1[C@H](OCCCO[C@H]2[C@H](OC(C)=O)[C@@H](OC(C)=O)C(O)O[C@@H]2COC(C)=O)O[C@H](CO[C@@H]2O[C@H](COC(C)=O)[C@@H](O[C@@H]3O[C@H](COC(C)=O)[C@H](OC(C)=O)[C@H](OC(C)=O)[C@H]3OC(C)=O)[C@H](OC(C)=O)[C@H]2OC(C)=O)[C@@H](OC(C)=O)[C@@H]1OC(C)=O. The highest BCUT2D eigenvalue weighted by atomic mass is 16.8. The highest BCUT2D eigenvalue weighted by Gasteiger charge is 2.59. The van der Waals surface area contributed by atoms with E-state index in [-0.39, 0.29) is 19.6 Å². The molecule has 4 heterocycles. The molecule has 4 saturated heterocycles. The van der Waals surface area contributed by atoms with Gasteiger partial charge in [0.2, 0.25) is 5.91 Å². The van der Waals surface area contributed by atoms with Gasteiger partial charge in [-0.1, -0.05) is 0 Å². The van der Waals surface area contributed by atoms with E-state index in [9.17, 15) is 67.4 Å². The van der Waals surface area contributed by atoms with Crippen molar-refractivity contribution in [2.75, 3.05) is 39.6 Å². The molecule has 496 valence electrons. The van der Waals surface area contributed by atoms with Gasteiger partial charge in [-0.2, -0.15) is 0 Å². The average molecular weight is 1270 g/mol. The maximum Gasteiger partial charge on any atom is 0.303 e. The first-order chi connectivity index (χ1) is 41.3. The Morgan fingerprint density at radius 3 is 1.10 bits per heavy atom. The molecule has 20 atom stereocenters. The molecule has 0 spiro atoms. The molecule has 0 radical (unpaired) electrons. The summed E-state index contributed by atoms with van der Waals surface area (Å²) in [5.74, 6) is -12.1. The minimum absolute atomic E-state index is 0.105. The molecule has 4 rings (SSSR count). The predicted molar refractivity (Wildman–Crippen MR) is 275 cm³/mol. The smallest absolute Gasteiger partial charge is 0.303 e. The predicted octanol–water partition coefficient (Wildman–Crippen LogP) is -2.35. The quantitative estimate of drug-likeness (QED) is 0.0494. The molecule has 1 amide bonds. The molecule has 35 heteroatoms. The number of nitrogens with one attached hydrogen (secondary N) is 1. The number of amides is 1. The highest BCUT2D eigenvalue weighted by Crippen LogP contribution is 2.37. The van der Waals surface area contributed by atoms with Crippen molar-refractivity contribution in [3.63, 3.8) is 0 Å². The van der Waals surface area contributed by atoms with Gasteiger partial charge in [0.1, 0.15) is 62.5 Å². The standard InChI is InChI=1S/C53H75NO34/c1-21(55)54-38-43(77-27(7)61)40(75-25(5)59)37(85-51(38)70-16-14-15-69-39-34(17-71-22(2)56)84-50(68)47(81-31(11)65)44(39)78-28(8)62)20-74-52-48(82-32(12)66)46(80-30(10)64)42(36(86-52)19-73-24(4)58)88-53-49(83-33(13)67)45(79-29(9)63)41(76-26(6)60)35(87-53)18-72-23(3)57/h34-53,68H,14-20H2,1-13H3,(H,54,55)/t34-,35-,36-,37-,38-,39-,40-,41+,42-,43-,44+,45+,46+,47-,48-,49-,50?,51-,52-,53+/m1/s1. The van der Waals surface area contributed by atoms with Crippen LogP contribution < -0.4 is 5.32 Å². The van der Waals surface area contributed by atoms with Crippen molar-refractivity contribution < 1.29 is 162 Å². The summed E-state index contributed by atoms with van der Waals surface area (Å²) >= 11 is 0. The lowest BCUT2D eigenvalue weighted by Crippen LogP contribution is -2.68. The Morgan fingerprint density at radius 2 is 0.648 bits per heavy atom. The maximum atomic E-state index is 13.1. The lowest BCUT2D eigenvalue weighted by molar-refractivity contribution is -0.364. The summed E-state index contributed by atoms with van der Waals surface area (Å²) in [5, 5.41) is 13.3. The topological polar surface area (TPSA) is 439 Å². The molecule has 88 heavy (non-hydrogen) atoms. The molecule has 4 aliphatic rings. The largest absolute Gasteiger partial charge is 0.463 e. The normalized spacial score (nSPS) is 31.8. The third-order valence-corrected chi connectivity index (χ3v) is 12.5. The summed E-state index contributed by atoms with van der Waals surface area (Å²) in [4.78, 5) is 163. The molecule has 0 bridgehead atoms. The number of esters is 12. The maximum absolute atomic E-state index is 13.1. The fraction of sp³-hybridized carbons (Fsp3) is 0.755. The van der Waals surface area contributed by atoms with E-state index >= 15 is 0 Å². The van der Waals surface area contributed by atoms with E-state index in [0.717, 1.165) is 90.0 Å². The lowest BCUT2D eigenvalue weighted by atomic mass is 9.95. The molecule has 0 aliphatic carbocycles. The van der Waals surface area contributed by atoms with Crippen molar-refractivity contribution in [1.29, 1.82) is 0 Å². The van der Waals surface area contributed by atoms with Gasteiger partial charge >= 0.3 is 71.6 Å². The second kappa shape index (κ2) is 34.5. The Hall–Kier alpha value is -7.25. The average Bonchev–Trinajstić information content (AvgIpc) is 2.02. The number of hydrogen-bond acceptors (Lipinski definition) is 34. The van der Waals surface area contributed by atoms with E-state index in [1.807, 2.05) is 0 Å². The van der Waals surface area contributed by atoms with Gasteiger partial charge in [-0.15, -0.1) is 0 Å². The van der Waals surface area contributed by atoms with Crippen molar-refractivity contribution in [1.82, 2.24) is 5.32 Å². The number of aliphatic hydroxyl groups is 1. The van der Waals surface area contributed by atoms with Crippen LogP contribution in [0.2, 0.25) is 0 Å². The summed E-state index contributed by atoms with van der Waals surface area (Å²) in [5.41, 5.74) is 0. The van der Waals surface area contributed by atoms with Crippen LogP contribution in [0.4, 0.5) is 0 Å². The van der Waals surface area contributed by atoms with Gasteiger partial charge < -0.3 is 105 Å². The minimum atomic E-state index is -2.02. The van der Waals surface area contributed by atoms with Crippen LogP contribution >= 0.6 is 0 Å². The van der Waals surface area contributed by atoms with Crippen LogP contribution in [0.3, 0.4) is 0 Å². The molecular formula is C53H75NO34. The van der Waals surface area contributed by atoms with Gasteiger partial charge in [-0.3, -0.25) is 62.3 Å². The minimum Gasteiger partial charge on any atom is -0.463 e. The Kier molecular flexibility index (Phi) is 28.7. The van der Waals surface area contributed by atoms with Gasteiger partial charge in [0.15, 0.2) is 80.1 Å². The van der Waals surface area contributed by atoms with Crippen LogP contribution in [0.25, 0.3) is 0 Å². The van der Waals surface area contributed by atoms with Crippen molar-refractivity contribution in [3.8, 4) is 0 Å². The first-order valence-electron chi connectivity index (χ1n) is 27.3. The molecule has 0 aromatic rings. The van der Waals surface area contributed by atoms with Crippen molar-refractivity contribution >= 4 is 77.5 Å². The third-order valence-electron chi connectivity index (χ3n) is 12.5. The number of carbonyl (C=O) groups excluding carboxylic acids is 13. The number of hydrogen-bond donors (Lipinski definition) is 2. The van der Waals surface area contributed by atoms with Crippen molar-refractivity contribution in [2.24, 2.45) is 0 Å². The number of carbonyl (C=O) groups is 13. The second-order valence-corrected chi connectivity index (χ2v) is 20.0. The van der Waals surface area contributed by atoms with Gasteiger partial charge in [0, 0.05) is 96.6 Å². The molecule has 0 saturated carbocycles. The molecule has 0 aromatic heterocycles. The molecule has 35 nitrogen and oxygen atoms in total. The summed E-state index contributed by atoms with van der Waals surface area (Å²) in [6.45, 7) is 9.51. The molecule has 2 N–H and O–H groups in total. The lowest BCUT2D eigenvalue weighted by Gasteiger charge is -2.49. The van der Waals surface area contributed by atoms with Gasteiger partial charge in [0.25, 0.3) is 0 Å². The fourth-order valence-electron chi connectivity index (χ4n) is 9.58. The van der Waals surface area contributed by atoms with Gasteiger partial charge in [0.05, 0.1) is 13.2 Å². The van der Waals surface area contributed by atoms with Crippen LogP contribution in [0.15, 0.2) is 0 Å². The van der Waals surface area contributed by atoms with Crippen LogP contribution in [0.5, 0.6) is 0 Å². The van der Waals surface area contributed by atoms with Crippen molar-refractivity contribution in [2.45, 2.75) is 219 Å². The number of ether oxygens (including phenoxy) is 20. The van der Waals surface area contributed by atoms with Gasteiger partial charge in [-0.05, 0) is 6.42 Å². The highest BCUT2D eigenvalue weighted by molar-refractivity contribution is 5.74. The first-order valence-corrected chi connectivity index (χ1v) is 27.3. The zero-order chi connectivity index (χ0) is 65.9. The number of rotatable bonds is 27. The Balaban J connectivity index is 1.77. The van der Waals surface area contributed by atoms with Crippen LogP contribution in [0.1, 0.15) is 96.4 Å². The summed E-state index contributed by atoms with van der Waals surface area (Å²) in [7, 11) is 0. The van der Waals surface area contributed by atoms with Crippen LogP contribution in [0, 0.1) is 0 Å². The summed E-state index contributed by atoms with van der Waals surface area (Å²) in [6.07, 6.45) is -32.8. The second-order valence-electron chi connectivity index (χ2n) is 20.0. The Morgan fingerprint density at radius 1 is 0.318 bits per heavy atom. The molecule has 1 unspecified atom stereocenters. The summed E-state index contributed by atoms with van der Waals surface area (Å²) in [6, 6.07) is -1.49.